The second-order valence-electron chi connectivity index (χ2n) is 9.19. The van der Waals surface area contributed by atoms with Crippen LogP contribution in [-0.4, -0.2) is 75.6 Å². The van der Waals surface area contributed by atoms with E-state index in [1.165, 1.54) is 25.3 Å². The summed E-state index contributed by atoms with van der Waals surface area (Å²) in [7, 11) is 1.43. The number of benzene rings is 2. The summed E-state index contributed by atoms with van der Waals surface area (Å²) in [5.41, 5.74) is 0.646. The third-order valence-corrected chi connectivity index (χ3v) is 6.03. The lowest BCUT2D eigenvalue weighted by Crippen LogP contribution is -2.61. The van der Waals surface area contributed by atoms with Crippen LogP contribution in [0.25, 0.3) is 12.2 Å². The van der Waals surface area contributed by atoms with Crippen LogP contribution in [0.15, 0.2) is 48.6 Å². The number of hydrogen-bond donors (Lipinski definition) is 4. The van der Waals surface area contributed by atoms with Gasteiger partial charge < -0.3 is 39.4 Å². The molecular weight excluding hydrogens is 484 g/mol. The number of carbonyl (C=O) groups excluding carboxylic acids is 1. The predicted octanol–water partition coefficient (Wildman–Crippen LogP) is 2.05. The van der Waals surface area contributed by atoms with Crippen molar-refractivity contribution >= 4 is 23.9 Å². The lowest BCUT2D eigenvalue weighted by molar-refractivity contribution is -0.271. The monoisotopic (exact) mass is 512 g/mol. The average Bonchev–Trinajstić information content (AvgIpc) is 2.86. The van der Waals surface area contributed by atoms with Gasteiger partial charge in [-0.1, -0.05) is 30.3 Å². The Labute approximate surface area is 213 Å². The molecule has 2 aromatic rings. The molecule has 5 unspecified atom stereocenters. The van der Waals surface area contributed by atoms with Gasteiger partial charge in [-0.3, -0.25) is 4.79 Å². The van der Waals surface area contributed by atoms with E-state index in [2.05, 4.69) is 0 Å². The van der Waals surface area contributed by atoms with E-state index in [1.807, 2.05) is 26.0 Å². The first kappa shape index (κ1) is 26.4. The molecule has 2 aliphatic rings. The number of aliphatic carboxylic acids is 1. The minimum absolute atomic E-state index is 0.0237. The maximum absolute atomic E-state index is 12.7. The van der Waals surface area contributed by atoms with Crippen molar-refractivity contribution in [2.45, 2.75) is 50.2 Å². The minimum Gasteiger partial charge on any atom is -0.495 e. The number of aliphatic hydroxyl groups excluding tert-OH is 3. The van der Waals surface area contributed by atoms with Crippen molar-refractivity contribution in [2.24, 2.45) is 0 Å². The lowest BCUT2D eigenvalue weighted by atomic mass is 9.97. The molecule has 5 atom stereocenters. The SMILES string of the molecule is COc1c2c(cc(OC3OC(C(=O)O)C(O)C(O)C3O)c1/C=C/C(=O)c1ccccc1)OC(C)(C)C=C2. The lowest BCUT2D eigenvalue weighted by Gasteiger charge is -2.39. The van der Waals surface area contributed by atoms with Gasteiger partial charge >= 0.3 is 5.97 Å². The minimum atomic E-state index is -1.87. The molecule has 1 saturated heterocycles. The van der Waals surface area contributed by atoms with Gasteiger partial charge in [-0.15, -0.1) is 0 Å². The van der Waals surface area contributed by atoms with Crippen LogP contribution in [0.3, 0.4) is 0 Å². The maximum Gasteiger partial charge on any atom is 0.335 e. The van der Waals surface area contributed by atoms with Crippen LogP contribution < -0.4 is 14.2 Å². The fourth-order valence-electron chi connectivity index (χ4n) is 4.09. The van der Waals surface area contributed by atoms with E-state index in [0.29, 0.717) is 16.9 Å². The van der Waals surface area contributed by atoms with Crippen LogP contribution in [0, 0.1) is 0 Å². The van der Waals surface area contributed by atoms with Gasteiger partial charge in [0.05, 0.1) is 18.2 Å². The van der Waals surface area contributed by atoms with Crippen LogP contribution in [0.2, 0.25) is 0 Å². The Morgan fingerprint density at radius 1 is 1.05 bits per heavy atom. The Morgan fingerprint density at radius 3 is 2.41 bits per heavy atom. The largest absolute Gasteiger partial charge is 0.495 e. The Kier molecular flexibility index (Phi) is 7.37. The molecule has 2 aliphatic heterocycles. The zero-order chi connectivity index (χ0) is 26.9. The van der Waals surface area contributed by atoms with Crippen molar-refractivity contribution < 1.29 is 49.0 Å². The van der Waals surface area contributed by atoms with Crippen LogP contribution in [0.1, 0.15) is 35.3 Å². The number of rotatable bonds is 7. The predicted molar refractivity (Wildman–Crippen MR) is 131 cm³/mol. The van der Waals surface area contributed by atoms with E-state index in [9.17, 15) is 30.0 Å². The summed E-state index contributed by atoms with van der Waals surface area (Å²) in [6.45, 7) is 3.68. The second kappa shape index (κ2) is 10.3. The van der Waals surface area contributed by atoms with Crippen molar-refractivity contribution in [3.63, 3.8) is 0 Å². The van der Waals surface area contributed by atoms with E-state index >= 15 is 0 Å². The third-order valence-electron chi connectivity index (χ3n) is 6.03. The number of carboxylic acids is 1. The highest BCUT2D eigenvalue weighted by molar-refractivity contribution is 6.07. The average molecular weight is 513 g/mol. The van der Waals surface area contributed by atoms with E-state index in [4.69, 9.17) is 18.9 Å². The summed E-state index contributed by atoms with van der Waals surface area (Å²) in [6, 6.07) is 10.1. The molecule has 0 amide bonds. The first-order valence-corrected chi connectivity index (χ1v) is 11.5. The molecule has 10 nitrogen and oxygen atoms in total. The fraction of sp³-hybridized carbons (Fsp3) is 0.333. The van der Waals surface area contributed by atoms with Gasteiger partial charge in [-0.05, 0) is 38.2 Å². The van der Waals surface area contributed by atoms with Gasteiger partial charge in [-0.25, -0.2) is 4.79 Å². The van der Waals surface area contributed by atoms with Crippen molar-refractivity contribution in [1.82, 2.24) is 0 Å². The van der Waals surface area contributed by atoms with Crippen LogP contribution >= 0.6 is 0 Å². The molecule has 196 valence electrons. The number of methoxy groups -OCH3 is 1. The molecule has 0 bridgehead atoms. The molecule has 37 heavy (non-hydrogen) atoms. The molecular formula is C27H28O10. The molecule has 2 aromatic carbocycles. The van der Waals surface area contributed by atoms with Crippen molar-refractivity contribution in [2.75, 3.05) is 7.11 Å². The van der Waals surface area contributed by atoms with Gasteiger partial charge in [0.1, 0.15) is 41.2 Å². The van der Waals surface area contributed by atoms with Crippen LogP contribution in [0.4, 0.5) is 0 Å². The number of ketones is 1. The smallest absolute Gasteiger partial charge is 0.335 e. The van der Waals surface area contributed by atoms with Crippen LogP contribution in [-0.2, 0) is 9.53 Å². The standard InChI is InChI=1S/C27H28O10/c1-27(2)12-11-16-19(37-27)13-18(35-26-22(31)20(29)21(30)24(36-26)25(32)33)15(23(16)34-3)9-10-17(28)14-7-5-4-6-8-14/h4-13,20-22,24,26,29-31H,1-3H3,(H,32,33)/b10-9+. The molecule has 4 N–H and O–H groups in total. The van der Waals surface area contributed by atoms with Gasteiger partial charge in [0.25, 0.3) is 0 Å². The van der Waals surface area contributed by atoms with Gasteiger partial charge in [-0.2, -0.15) is 0 Å². The summed E-state index contributed by atoms with van der Waals surface area (Å²) in [4.78, 5) is 24.3. The maximum atomic E-state index is 12.7. The summed E-state index contributed by atoms with van der Waals surface area (Å²) in [5, 5.41) is 40.1. The Bertz CT molecular complexity index is 1230. The Morgan fingerprint density at radius 2 is 1.76 bits per heavy atom. The number of hydrogen-bond acceptors (Lipinski definition) is 9. The summed E-state index contributed by atoms with van der Waals surface area (Å²) in [6.07, 6.45) is -2.60. The number of aliphatic hydroxyl groups is 3. The second-order valence-corrected chi connectivity index (χ2v) is 9.19. The van der Waals surface area contributed by atoms with Crippen LogP contribution in [0.5, 0.6) is 17.2 Å². The molecule has 0 spiro atoms. The molecule has 4 rings (SSSR count). The highest BCUT2D eigenvalue weighted by Crippen LogP contribution is 2.45. The van der Waals surface area contributed by atoms with Gasteiger partial charge in [0, 0.05) is 11.6 Å². The number of fused-ring (bicyclic) bond motifs is 1. The van der Waals surface area contributed by atoms with Crippen molar-refractivity contribution in [3.05, 3.63) is 65.2 Å². The zero-order valence-electron chi connectivity index (χ0n) is 20.4. The van der Waals surface area contributed by atoms with E-state index < -0.39 is 42.3 Å². The Balaban J connectivity index is 1.78. The van der Waals surface area contributed by atoms with Gasteiger partial charge in [0.2, 0.25) is 6.29 Å². The van der Waals surface area contributed by atoms with E-state index in [1.54, 1.807) is 30.3 Å². The highest BCUT2D eigenvalue weighted by Gasteiger charge is 2.48. The van der Waals surface area contributed by atoms with Crippen molar-refractivity contribution in [1.29, 1.82) is 0 Å². The summed E-state index contributed by atoms with van der Waals surface area (Å²) in [5.74, 6) is -1.16. The molecule has 0 aliphatic carbocycles. The molecule has 0 saturated carbocycles. The Hall–Kier alpha value is -3.70. The summed E-state index contributed by atoms with van der Waals surface area (Å²) < 4.78 is 22.8. The van der Waals surface area contributed by atoms with Gasteiger partial charge in [0.15, 0.2) is 11.9 Å². The number of carbonyl (C=O) groups is 2. The third kappa shape index (κ3) is 5.37. The normalized spacial score (nSPS) is 26.3. The highest BCUT2D eigenvalue weighted by atomic mass is 16.7. The first-order valence-electron chi connectivity index (χ1n) is 11.5. The molecule has 0 radical (unpaired) electrons. The van der Waals surface area contributed by atoms with Crippen molar-refractivity contribution in [3.8, 4) is 17.2 Å². The quantitative estimate of drug-likeness (QED) is 0.320. The number of allylic oxidation sites excluding steroid dienone is 1. The topological polar surface area (TPSA) is 152 Å². The molecule has 0 aromatic heterocycles. The fourth-order valence-corrected chi connectivity index (χ4v) is 4.09. The van der Waals surface area contributed by atoms with E-state index in [-0.39, 0.29) is 22.8 Å². The van der Waals surface area contributed by atoms with E-state index in [0.717, 1.165) is 0 Å². The number of ether oxygens (including phenoxy) is 4. The molecule has 10 heteroatoms. The first-order chi connectivity index (χ1) is 17.5. The molecule has 1 fully saturated rings. The summed E-state index contributed by atoms with van der Waals surface area (Å²) >= 11 is 0. The number of carboxylic acid groups (broad SMARTS) is 1. The zero-order valence-corrected chi connectivity index (χ0v) is 20.4. The molecule has 2 heterocycles.